The van der Waals surface area contributed by atoms with Crippen LogP contribution in [0.25, 0.3) is 6.08 Å². The SMILES string of the molecule is O=C(C=Cc1cnn(Cc2ccccc2)c1)c1ccc2c(c1)OCO2. The minimum Gasteiger partial charge on any atom is -0.454 e. The van der Waals surface area contributed by atoms with Gasteiger partial charge in [0.05, 0.1) is 12.7 Å². The number of carbonyl (C=O) groups is 1. The Morgan fingerprint density at radius 2 is 1.96 bits per heavy atom. The van der Waals surface area contributed by atoms with Gasteiger partial charge in [0.2, 0.25) is 6.79 Å². The molecule has 1 aliphatic heterocycles. The highest BCUT2D eigenvalue weighted by atomic mass is 16.7. The first-order chi connectivity index (χ1) is 12.3. The number of aromatic nitrogens is 2. The second-order valence-corrected chi connectivity index (χ2v) is 5.72. The van der Waals surface area contributed by atoms with Gasteiger partial charge in [-0.15, -0.1) is 0 Å². The van der Waals surface area contributed by atoms with Crippen LogP contribution in [0, 0.1) is 0 Å². The summed E-state index contributed by atoms with van der Waals surface area (Å²) in [5.41, 5.74) is 2.62. The molecular weight excluding hydrogens is 316 g/mol. The molecule has 0 N–H and O–H groups in total. The Kier molecular flexibility index (Phi) is 4.04. The van der Waals surface area contributed by atoms with Gasteiger partial charge < -0.3 is 9.47 Å². The summed E-state index contributed by atoms with van der Waals surface area (Å²) in [6, 6.07) is 15.3. The summed E-state index contributed by atoms with van der Waals surface area (Å²) in [7, 11) is 0. The Morgan fingerprint density at radius 1 is 1.12 bits per heavy atom. The second-order valence-electron chi connectivity index (χ2n) is 5.72. The fourth-order valence-electron chi connectivity index (χ4n) is 2.64. The molecule has 5 heteroatoms. The zero-order chi connectivity index (χ0) is 17.1. The molecule has 0 radical (unpaired) electrons. The molecule has 0 bridgehead atoms. The third-order valence-corrected chi connectivity index (χ3v) is 3.92. The largest absolute Gasteiger partial charge is 0.454 e. The summed E-state index contributed by atoms with van der Waals surface area (Å²) in [4.78, 5) is 12.3. The van der Waals surface area contributed by atoms with Crippen molar-refractivity contribution in [1.82, 2.24) is 9.78 Å². The van der Waals surface area contributed by atoms with Crippen LogP contribution in [0.5, 0.6) is 11.5 Å². The molecule has 1 aromatic heterocycles. The van der Waals surface area contributed by atoms with E-state index in [4.69, 9.17) is 9.47 Å². The molecule has 0 amide bonds. The molecule has 0 aliphatic carbocycles. The molecule has 124 valence electrons. The molecule has 1 aliphatic rings. The number of fused-ring (bicyclic) bond motifs is 1. The smallest absolute Gasteiger partial charge is 0.231 e. The zero-order valence-corrected chi connectivity index (χ0v) is 13.5. The summed E-state index contributed by atoms with van der Waals surface area (Å²) in [6.07, 6.45) is 6.96. The van der Waals surface area contributed by atoms with E-state index in [0.717, 1.165) is 5.56 Å². The van der Waals surface area contributed by atoms with Gasteiger partial charge in [0.25, 0.3) is 0 Å². The molecule has 0 fully saturated rings. The maximum atomic E-state index is 12.3. The minimum atomic E-state index is -0.0888. The van der Waals surface area contributed by atoms with Crippen molar-refractivity contribution in [3.8, 4) is 11.5 Å². The van der Waals surface area contributed by atoms with Gasteiger partial charge in [0.15, 0.2) is 17.3 Å². The Morgan fingerprint density at radius 3 is 2.84 bits per heavy atom. The van der Waals surface area contributed by atoms with Crippen LogP contribution in [-0.4, -0.2) is 22.4 Å². The molecule has 25 heavy (non-hydrogen) atoms. The quantitative estimate of drug-likeness (QED) is 0.529. The molecule has 2 heterocycles. The number of ketones is 1. The second kappa shape index (κ2) is 6.65. The lowest BCUT2D eigenvalue weighted by atomic mass is 10.1. The van der Waals surface area contributed by atoms with E-state index >= 15 is 0 Å². The van der Waals surface area contributed by atoms with Crippen LogP contribution in [-0.2, 0) is 6.54 Å². The number of hydrogen-bond acceptors (Lipinski definition) is 4. The van der Waals surface area contributed by atoms with Crippen LogP contribution in [0.1, 0.15) is 21.5 Å². The normalized spacial score (nSPS) is 12.6. The average Bonchev–Trinajstić information content (AvgIpc) is 3.29. The van der Waals surface area contributed by atoms with E-state index in [1.807, 2.05) is 29.1 Å². The van der Waals surface area contributed by atoms with Crippen molar-refractivity contribution in [3.63, 3.8) is 0 Å². The third kappa shape index (κ3) is 3.45. The minimum absolute atomic E-state index is 0.0888. The summed E-state index contributed by atoms with van der Waals surface area (Å²) in [5.74, 6) is 1.19. The van der Waals surface area contributed by atoms with E-state index in [9.17, 15) is 4.79 Å². The first-order valence-electron chi connectivity index (χ1n) is 7.96. The fourth-order valence-corrected chi connectivity index (χ4v) is 2.64. The molecule has 0 atom stereocenters. The van der Waals surface area contributed by atoms with E-state index < -0.39 is 0 Å². The predicted molar refractivity (Wildman–Crippen MR) is 93.7 cm³/mol. The average molecular weight is 332 g/mol. The number of allylic oxidation sites excluding steroid dienone is 1. The van der Waals surface area contributed by atoms with E-state index in [-0.39, 0.29) is 12.6 Å². The third-order valence-electron chi connectivity index (χ3n) is 3.92. The van der Waals surface area contributed by atoms with Crippen LogP contribution >= 0.6 is 0 Å². The van der Waals surface area contributed by atoms with Crippen LogP contribution in [0.4, 0.5) is 0 Å². The van der Waals surface area contributed by atoms with E-state index in [2.05, 4.69) is 17.2 Å². The van der Waals surface area contributed by atoms with Gasteiger partial charge in [0, 0.05) is 17.3 Å². The van der Waals surface area contributed by atoms with Crippen molar-refractivity contribution in [2.75, 3.05) is 6.79 Å². The van der Waals surface area contributed by atoms with Gasteiger partial charge in [-0.2, -0.15) is 5.10 Å². The van der Waals surface area contributed by atoms with Crippen molar-refractivity contribution in [2.45, 2.75) is 6.54 Å². The zero-order valence-electron chi connectivity index (χ0n) is 13.5. The molecule has 0 unspecified atom stereocenters. The number of ether oxygens (including phenoxy) is 2. The fraction of sp³-hybridized carbons (Fsp3) is 0.100. The Hall–Kier alpha value is -3.34. The number of rotatable bonds is 5. The highest BCUT2D eigenvalue weighted by Gasteiger charge is 2.15. The van der Waals surface area contributed by atoms with Gasteiger partial charge in [-0.1, -0.05) is 30.3 Å². The lowest BCUT2D eigenvalue weighted by Crippen LogP contribution is -1.99. The van der Waals surface area contributed by atoms with Crippen molar-refractivity contribution in [1.29, 1.82) is 0 Å². The topological polar surface area (TPSA) is 53.4 Å². The van der Waals surface area contributed by atoms with Gasteiger partial charge in [-0.25, -0.2) is 0 Å². The van der Waals surface area contributed by atoms with E-state index in [0.29, 0.717) is 23.6 Å². The van der Waals surface area contributed by atoms with Crippen LogP contribution in [0.15, 0.2) is 67.0 Å². The number of hydrogen-bond donors (Lipinski definition) is 0. The monoisotopic (exact) mass is 332 g/mol. The number of benzene rings is 2. The summed E-state index contributed by atoms with van der Waals surface area (Å²) in [6.45, 7) is 0.897. The van der Waals surface area contributed by atoms with Gasteiger partial charge >= 0.3 is 0 Å². The van der Waals surface area contributed by atoms with Crippen LogP contribution in [0.3, 0.4) is 0 Å². The number of carbonyl (C=O) groups excluding carboxylic acids is 1. The predicted octanol–water partition coefficient (Wildman–Crippen LogP) is 3.56. The highest BCUT2D eigenvalue weighted by molar-refractivity contribution is 6.07. The molecule has 2 aromatic carbocycles. The first kappa shape index (κ1) is 15.2. The molecular formula is C20H16N2O3. The Labute approximate surface area is 145 Å². The summed E-state index contributed by atoms with van der Waals surface area (Å²) in [5, 5.41) is 4.33. The lowest BCUT2D eigenvalue weighted by molar-refractivity contribution is 0.104. The molecule has 0 saturated heterocycles. The molecule has 5 nitrogen and oxygen atoms in total. The molecule has 0 spiro atoms. The van der Waals surface area contributed by atoms with Crippen molar-refractivity contribution in [3.05, 3.63) is 83.7 Å². The first-order valence-corrected chi connectivity index (χ1v) is 7.96. The maximum Gasteiger partial charge on any atom is 0.231 e. The van der Waals surface area contributed by atoms with Crippen LogP contribution < -0.4 is 9.47 Å². The molecule has 4 rings (SSSR count). The van der Waals surface area contributed by atoms with Crippen molar-refractivity contribution in [2.24, 2.45) is 0 Å². The van der Waals surface area contributed by atoms with E-state index in [1.54, 1.807) is 36.5 Å². The maximum absolute atomic E-state index is 12.3. The van der Waals surface area contributed by atoms with Gasteiger partial charge in [-0.05, 0) is 35.9 Å². The summed E-state index contributed by atoms with van der Waals surface area (Å²) >= 11 is 0. The van der Waals surface area contributed by atoms with Crippen molar-refractivity contribution >= 4 is 11.9 Å². The Balaban J connectivity index is 1.44. The highest BCUT2D eigenvalue weighted by Crippen LogP contribution is 2.32. The van der Waals surface area contributed by atoms with Crippen LogP contribution in [0.2, 0.25) is 0 Å². The van der Waals surface area contributed by atoms with Gasteiger partial charge in [-0.3, -0.25) is 9.48 Å². The number of nitrogens with zero attached hydrogens (tertiary/aromatic N) is 2. The molecule has 0 saturated carbocycles. The van der Waals surface area contributed by atoms with E-state index in [1.165, 1.54) is 5.56 Å². The molecule has 3 aromatic rings. The summed E-state index contributed by atoms with van der Waals surface area (Å²) < 4.78 is 12.4. The lowest BCUT2D eigenvalue weighted by Gasteiger charge is -2.00. The standard InChI is InChI=1S/C20H16N2O3/c23-18(17-7-9-19-20(10-17)25-14-24-19)8-6-16-11-21-22(13-16)12-15-4-2-1-3-5-15/h1-11,13H,12,14H2. The van der Waals surface area contributed by atoms with Crippen molar-refractivity contribution < 1.29 is 14.3 Å². The Bertz CT molecular complexity index is 929. The van der Waals surface area contributed by atoms with Gasteiger partial charge in [0.1, 0.15) is 0 Å².